The van der Waals surface area contributed by atoms with Gasteiger partial charge in [0.2, 0.25) is 12.7 Å². The molecule has 0 saturated carbocycles. The summed E-state index contributed by atoms with van der Waals surface area (Å²) in [5.74, 6) is 1.02. The van der Waals surface area contributed by atoms with Crippen molar-refractivity contribution in [3.63, 3.8) is 0 Å². The Morgan fingerprint density at radius 3 is 2.64 bits per heavy atom. The second-order valence-electron chi connectivity index (χ2n) is 5.21. The quantitative estimate of drug-likeness (QED) is 0.774. The largest absolute Gasteiger partial charge is 0.454 e. The summed E-state index contributed by atoms with van der Waals surface area (Å²) in [6.07, 6.45) is 0.835. The summed E-state index contributed by atoms with van der Waals surface area (Å²) in [5.41, 5.74) is 0.566. The number of hydrogen-bond acceptors (Lipinski definition) is 4. The lowest BCUT2D eigenvalue weighted by Gasteiger charge is -2.17. The predicted molar refractivity (Wildman–Crippen MR) is 82.1 cm³/mol. The van der Waals surface area contributed by atoms with Crippen LogP contribution < -0.4 is 25.4 Å². The predicted octanol–water partition coefficient (Wildman–Crippen LogP) is 1.84. The van der Waals surface area contributed by atoms with Gasteiger partial charge in [-0.1, -0.05) is 6.92 Å². The monoisotopic (exact) mass is 307 g/mol. The smallest absolute Gasteiger partial charge is 0.319 e. The molecular formula is C15H21N3O4. The average Bonchev–Trinajstić information content (AvgIpc) is 2.94. The molecule has 0 aliphatic carbocycles. The first-order valence-corrected chi connectivity index (χ1v) is 7.27. The van der Waals surface area contributed by atoms with Crippen molar-refractivity contribution in [3.8, 4) is 11.5 Å². The Kier molecular flexibility index (Phi) is 5.08. The lowest BCUT2D eigenvalue weighted by Crippen LogP contribution is -2.48. The minimum atomic E-state index is -0.622. The molecule has 0 unspecified atom stereocenters. The molecule has 1 aromatic carbocycles. The number of urea groups is 1. The lowest BCUT2D eigenvalue weighted by molar-refractivity contribution is -0.123. The Labute approximate surface area is 129 Å². The van der Waals surface area contributed by atoms with Crippen molar-refractivity contribution in [2.75, 3.05) is 12.1 Å². The second-order valence-corrected chi connectivity index (χ2v) is 5.21. The average molecular weight is 307 g/mol. The van der Waals surface area contributed by atoms with Crippen molar-refractivity contribution >= 4 is 17.6 Å². The van der Waals surface area contributed by atoms with Gasteiger partial charge in [0.05, 0.1) is 0 Å². The highest BCUT2D eigenvalue weighted by atomic mass is 16.7. The van der Waals surface area contributed by atoms with Crippen molar-refractivity contribution in [2.45, 2.75) is 39.3 Å². The van der Waals surface area contributed by atoms with Crippen LogP contribution >= 0.6 is 0 Å². The van der Waals surface area contributed by atoms with Gasteiger partial charge in [0.15, 0.2) is 11.5 Å². The zero-order valence-electron chi connectivity index (χ0n) is 12.9. The Hall–Kier alpha value is -2.44. The number of carbonyl (C=O) groups is 2. The maximum atomic E-state index is 11.9. The lowest BCUT2D eigenvalue weighted by atomic mass is 10.2. The third kappa shape index (κ3) is 4.03. The van der Waals surface area contributed by atoms with Gasteiger partial charge in [-0.2, -0.15) is 0 Å². The van der Waals surface area contributed by atoms with E-state index in [9.17, 15) is 9.59 Å². The molecule has 1 aliphatic rings. The summed E-state index contributed by atoms with van der Waals surface area (Å²) >= 11 is 0. The molecule has 2 rings (SSSR count). The minimum Gasteiger partial charge on any atom is -0.454 e. The number of carbonyl (C=O) groups excluding carboxylic acids is 2. The van der Waals surface area contributed by atoms with Crippen LogP contribution in [-0.4, -0.2) is 30.8 Å². The van der Waals surface area contributed by atoms with Gasteiger partial charge in [-0.25, -0.2) is 4.79 Å². The Balaban J connectivity index is 1.86. The summed E-state index contributed by atoms with van der Waals surface area (Å²) in [6, 6.07) is 4.10. The second kappa shape index (κ2) is 7.02. The number of amides is 3. The first-order chi connectivity index (χ1) is 10.5. The molecule has 3 amide bonds. The molecule has 7 nitrogen and oxygen atoms in total. The molecule has 22 heavy (non-hydrogen) atoms. The van der Waals surface area contributed by atoms with Crippen LogP contribution in [0.3, 0.4) is 0 Å². The summed E-state index contributed by atoms with van der Waals surface area (Å²) in [6.45, 7) is 5.71. The van der Waals surface area contributed by atoms with Crippen molar-refractivity contribution in [3.05, 3.63) is 18.2 Å². The normalized spacial score (nSPS) is 14.9. The van der Waals surface area contributed by atoms with Crippen molar-refractivity contribution in [2.24, 2.45) is 0 Å². The molecule has 120 valence electrons. The van der Waals surface area contributed by atoms with E-state index in [2.05, 4.69) is 16.0 Å². The highest BCUT2D eigenvalue weighted by Crippen LogP contribution is 2.34. The number of fused-ring (bicyclic) bond motifs is 1. The molecule has 0 aromatic heterocycles. The van der Waals surface area contributed by atoms with Crippen LogP contribution in [0.5, 0.6) is 11.5 Å². The molecule has 1 aromatic rings. The molecule has 0 fully saturated rings. The van der Waals surface area contributed by atoms with E-state index in [0.717, 1.165) is 6.42 Å². The van der Waals surface area contributed by atoms with E-state index in [1.165, 1.54) is 0 Å². The van der Waals surface area contributed by atoms with Gasteiger partial charge in [0, 0.05) is 17.8 Å². The third-order valence-corrected chi connectivity index (χ3v) is 3.37. The number of benzene rings is 1. The number of anilines is 1. The van der Waals surface area contributed by atoms with Gasteiger partial charge < -0.3 is 25.4 Å². The van der Waals surface area contributed by atoms with E-state index in [1.807, 2.05) is 13.8 Å². The van der Waals surface area contributed by atoms with Crippen LogP contribution in [0.25, 0.3) is 0 Å². The molecule has 0 spiro atoms. The van der Waals surface area contributed by atoms with E-state index in [-0.39, 0.29) is 18.7 Å². The van der Waals surface area contributed by atoms with Crippen molar-refractivity contribution in [1.29, 1.82) is 0 Å². The summed E-state index contributed by atoms with van der Waals surface area (Å²) in [7, 11) is 0. The maximum Gasteiger partial charge on any atom is 0.319 e. The van der Waals surface area contributed by atoms with E-state index in [4.69, 9.17) is 9.47 Å². The number of hydrogen-bond donors (Lipinski definition) is 3. The summed E-state index contributed by atoms with van der Waals surface area (Å²) in [4.78, 5) is 23.8. The molecule has 3 N–H and O–H groups in total. The molecule has 0 bridgehead atoms. The van der Waals surface area contributed by atoms with Crippen LogP contribution in [0.1, 0.15) is 27.2 Å². The Bertz CT molecular complexity index is 562. The fourth-order valence-corrected chi connectivity index (χ4v) is 1.87. The highest BCUT2D eigenvalue weighted by molar-refractivity contribution is 5.93. The van der Waals surface area contributed by atoms with Crippen LogP contribution in [0.2, 0.25) is 0 Å². The molecule has 2 atom stereocenters. The van der Waals surface area contributed by atoms with Crippen LogP contribution in [0, 0.1) is 0 Å². The molecule has 0 radical (unpaired) electrons. The number of ether oxygens (including phenoxy) is 2. The van der Waals surface area contributed by atoms with Crippen LogP contribution in [-0.2, 0) is 4.79 Å². The van der Waals surface area contributed by atoms with E-state index >= 15 is 0 Å². The van der Waals surface area contributed by atoms with Crippen LogP contribution in [0.4, 0.5) is 10.5 Å². The molecule has 1 heterocycles. The van der Waals surface area contributed by atoms with Gasteiger partial charge in [-0.15, -0.1) is 0 Å². The first-order valence-electron chi connectivity index (χ1n) is 7.27. The SMILES string of the molecule is CC[C@H](C)NC(=O)[C@H](C)NC(=O)Nc1ccc2c(c1)OCO2. The van der Waals surface area contributed by atoms with Crippen LogP contribution in [0.15, 0.2) is 18.2 Å². The maximum absolute atomic E-state index is 11.9. The molecule has 7 heteroatoms. The van der Waals surface area contributed by atoms with Crippen molar-refractivity contribution < 1.29 is 19.1 Å². The highest BCUT2D eigenvalue weighted by Gasteiger charge is 2.18. The van der Waals surface area contributed by atoms with E-state index in [1.54, 1.807) is 25.1 Å². The molecule has 1 aliphatic heterocycles. The Morgan fingerprint density at radius 1 is 1.18 bits per heavy atom. The standard InChI is InChI=1S/C15H21N3O4/c1-4-9(2)16-14(19)10(3)17-15(20)18-11-5-6-12-13(7-11)22-8-21-12/h5-7,9-10H,4,8H2,1-3H3,(H,16,19)(H2,17,18,20)/t9-,10-/m0/s1. The topological polar surface area (TPSA) is 88.7 Å². The Morgan fingerprint density at radius 2 is 1.91 bits per heavy atom. The number of rotatable bonds is 5. The van der Waals surface area contributed by atoms with E-state index < -0.39 is 12.1 Å². The van der Waals surface area contributed by atoms with Gasteiger partial charge in [0.1, 0.15) is 6.04 Å². The minimum absolute atomic E-state index is 0.0775. The van der Waals surface area contributed by atoms with Gasteiger partial charge in [-0.05, 0) is 32.4 Å². The molecular weight excluding hydrogens is 286 g/mol. The third-order valence-electron chi connectivity index (χ3n) is 3.37. The fraction of sp³-hybridized carbons (Fsp3) is 0.467. The zero-order valence-corrected chi connectivity index (χ0v) is 12.9. The summed E-state index contributed by atoms with van der Waals surface area (Å²) in [5, 5.41) is 8.06. The van der Waals surface area contributed by atoms with Gasteiger partial charge in [-0.3, -0.25) is 4.79 Å². The first kappa shape index (κ1) is 15.9. The van der Waals surface area contributed by atoms with Gasteiger partial charge in [0.25, 0.3) is 0 Å². The van der Waals surface area contributed by atoms with Crippen molar-refractivity contribution in [1.82, 2.24) is 10.6 Å². The zero-order chi connectivity index (χ0) is 16.1. The van der Waals surface area contributed by atoms with E-state index in [0.29, 0.717) is 17.2 Å². The summed E-state index contributed by atoms with van der Waals surface area (Å²) < 4.78 is 10.4. The van der Waals surface area contributed by atoms with Gasteiger partial charge >= 0.3 is 6.03 Å². The number of nitrogens with one attached hydrogen (secondary N) is 3. The molecule has 0 saturated heterocycles. The fourth-order valence-electron chi connectivity index (χ4n) is 1.87.